The van der Waals surface area contributed by atoms with Crippen LogP contribution in [0.3, 0.4) is 0 Å². The summed E-state index contributed by atoms with van der Waals surface area (Å²) in [6, 6.07) is 10.1. The van der Waals surface area contributed by atoms with E-state index in [0.717, 1.165) is 21.6 Å². The van der Waals surface area contributed by atoms with Crippen molar-refractivity contribution >= 4 is 28.2 Å². The average molecular weight is 392 g/mol. The van der Waals surface area contributed by atoms with Gasteiger partial charge in [-0.3, -0.25) is 9.59 Å². The number of anilines is 1. The molecule has 2 aromatic rings. The molecule has 1 fully saturated rings. The van der Waals surface area contributed by atoms with Gasteiger partial charge in [-0.15, -0.1) is 11.3 Å². The van der Waals surface area contributed by atoms with Gasteiger partial charge in [0, 0.05) is 10.4 Å². The van der Waals surface area contributed by atoms with E-state index in [-0.39, 0.29) is 17.7 Å². The Morgan fingerprint density at radius 3 is 2.39 bits per heavy atom. The standard InChI is InChI=1S/C22H20N2O3S/c1-11-3-5-13(6-4-11)17-12(2)28-21(16(17)10-23)24-20(25)18-14-7-8-15(9-14)19(18)22(26)27/h3-8,14-15,18-19H,9H2,1-2H3,(H,24,25)(H,26,27)/t14-,15+,18-,19+/m1/s1. The molecule has 2 N–H and O–H groups in total. The van der Waals surface area contributed by atoms with E-state index in [0.29, 0.717) is 17.0 Å². The summed E-state index contributed by atoms with van der Waals surface area (Å²) in [4.78, 5) is 25.6. The number of amides is 1. The second-order valence-corrected chi connectivity index (χ2v) is 8.77. The molecule has 0 spiro atoms. The Labute approximate surface area is 167 Å². The number of hydrogen-bond donors (Lipinski definition) is 2. The number of nitrogens with one attached hydrogen (secondary N) is 1. The maximum absolute atomic E-state index is 13.0. The van der Waals surface area contributed by atoms with E-state index in [1.807, 2.05) is 50.3 Å². The van der Waals surface area contributed by atoms with Gasteiger partial charge in [0.05, 0.1) is 17.4 Å². The zero-order valence-corrected chi connectivity index (χ0v) is 16.4. The first-order chi connectivity index (χ1) is 13.4. The number of nitrogens with zero attached hydrogens (tertiary/aromatic N) is 1. The highest BCUT2D eigenvalue weighted by Crippen LogP contribution is 2.49. The van der Waals surface area contributed by atoms with Crippen LogP contribution in [0, 0.1) is 48.9 Å². The molecule has 1 heterocycles. The van der Waals surface area contributed by atoms with Gasteiger partial charge in [-0.25, -0.2) is 0 Å². The molecule has 2 aliphatic rings. The van der Waals surface area contributed by atoms with Crippen molar-refractivity contribution in [3.05, 3.63) is 52.4 Å². The summed E-state index contributed by atoms with van der Waals surface area (Å²) in [5.41, 5.74) is 3.33. The molecule has 2 bridgehead atoms. The summed E-state index contributed by atoms with van der Waals surface area (Å²) in [6.45, 7) is 3.93. The minimum atomic E-state index is -0.930. The fraction of sp³-hybridized carbons (Fsp3) is 0.318. The van der Waals surface area contributed by atoms with Crippen LogP contribution in [-0.4, -0.2) is 17.0 Å². The highest BCUT2D eigenvalue weighted by atomic mass is 32.1. The molecular weight excluding hydrogens is 372 g/mol. The number of carbonyl (C=O) groups excluding carboxylic acids is 1. The second kappa shape index (κ2) is 6.92. The third kappa shape index (κ3) is 2.92. The van der Waals surface area contributed by atoms with E-state index in [2.05, 4.69) is 11.4 Å². The van der Waals surface area contributed by atoms with Crippen molar-refractivity contribution in [1.82, 2.24) is 0 Å². The molecule has 4 rings (SSSR count). The van der Waals surface area contributed by atoms with Crippen LogP contribution in [0.25, 0.3) is 11.1 Å². The number of rotatable bonds is 4. The van der Waals surface area contributed by atoms with E-state index in [1.54, 1.807) is 0 Å². The van der Waals surface area contributed by atoms with Crippen molar-refractivity contribution in [2.45, 2.75) is 20.3 Å². The summed E-state index contributed by atoms with van der Waals surface area (Å²) in [7, 11) is 0. The zero-order chi connectivity index (χ0) is 20.0. The summed E-state index contributed by atoms with van der Waals surface area (Å²) in [5, 5.41) is 22.7. The van der Waals surface area contributed by atoms with Crippen molar-refractivity contribution in [3.8, 4) is 17.2 Å². The van der Waals surface area contributed by atoms with Crippen LogP contribution in [0.15, 0.2) is 36.4 Å². The van der Waals surface area contributed by atoms with Gasteiger partial charge >= 0.3 is 5.97 Å². The Morgan fingerprint density at radius 1 is 1.14 bits per heavy atom. The van der Waals surface area contributed by atoms with E-state index < -0.39 is 17.8 Å². The number of carboxylic acid groups (broad SMARTS) is 1. The van der Waals surface area contributed by atoms with Crippen LogP contribution in [0.2, 0.25) is 0 Å². The van der Waals surface area contributed by atoms with Gasteiger partial charge in [-0.1, -0.05) is 42.0 Å². The quantitative estimate of drug-likeness (QED) is 0.756. The van der Waals surface area contributed by atoms with Crippen molar-refractivity contribution in [2.24, 2.45) is 23.7 Å². The highest BCUT2D eigenvalue weighted by Gasteiger charge is 2.51. The van der Waals surface area contributed by atoms with Crippen LogP contribution in [-0.2, 0) is 9.59 Å². The summed E-state index contributed by atoms with van der Waals surface area (Å²) >= 11 is 1.36. The molecule has 0 saturated heterocycles. The molecule has 2 aliphatic carbocycles. The molecule has 1 aromatic carbocycles. The monoisotopic (exact) mass is 392 g/mol. The Kier molecular flexibility index (Phi) is 4.56. The third-order valence-electron chi connectivity index (χ3n) is 5.82. The molecule has 1 saturated carbocycles. The maximum Gasteiger partial charge on any atom is 0.307 e. The molecule has 1 aromatic heterocycles. The maximum atomic E-state index is 13.0. The minimum absolute atomic E-state index is 0.0470. The lowest BCUT2D eigenvalue weighted by molar-refractivity contribution is -0.146. The minimum Gasteiger partial charge on any atom is -0.481 e. The van der Waals surface area contributed by atoms with Crippen molar-refractivity contribution in [1.29, 1.82) is 5.26 Å². The molecule has 0 aliphatic heterocycles. The van der Waals surface area contributed by atoms with Gasteiger partial charge < -0.3 is 10.4 Å². The molecule has 0 radical (unpaired) electrons. The average Bonchev–Trinajstić information content (AvgIpc) is 3.35. The smallest absolute Gasteiger partial charge is 0.307 e. The SMILES string of the molecule is Cc1ccc(-c2c(C)sc(NC(=O)[C@H]3[C@@H](C(=O)O)[C@H]4C=C[C@@H]3C4)c2C#N)cc1. The number of carbonyl (C=O) groups is 2. The third-order valence-corrected chi connectivity index (χ3v) is 6.84. The molecule has 1 amide bonds. The molecule has 4 atom stereocenters. The Bertz CT molecular complexity index is 1030. The van der Waals surface area contributed by atoms with E-state index in [1.165, 1.54) is 11.3 Å². The van der Waals surface area contributed by atoms with Crippen molar-refractivity contribution in [3.63, 3.8) is 0 Å². The molecular formula is C22H20N2O3S. The Morgan fingerprint density at radius 2 is 1.79 bits per heavy atom. The number of aliphatic carboxylic acids is 1. The lowest BCUT2D eigenvalue weighted by atomic mass is 9.82. The van der Waals surface area contributed by atoms with E-state index in [9.17, 15) is 20.0 Å². The zero-order valence-electron chi connectivity index (χ0n) is 15.6. The van der Waals surface area contributed by atoms with Crippen LogP contribution < -0.4 is 5.32 Å². The molecule has 142 valence electrons. The number of hydrogen-bond acceptors (Lipinski definition) is 4. The van der Waals surface area contributed by atoms with E-state index in [4.69, 9.17) is 0 Å². The molecule has 5 nitrogen and oxygen atoms in total. The summed E-state index contributed by atoms with van der Waals surface area (Å²) in [5.74, 6) is -2.66. The predicted octanol–water partition coefficient (Wildman–Crippen LogP) is 4.37. The van der Waals surface area contributed by atoms with Gasteiger partial charge in [0.25, 0.3) is 0 Å². The van der Waals surface area contributed by atoms with E-state index >= 15 is 0 Å². The van der Waals surface area contributed by atoms with Crippen LogP contribution in [0.5, 0.6) is 0 Å². The topological polar surface area (TPSA) is 90.2 Å². The fourth-order valence-corrected chi connectivity index (χ4v) is 5.55. The normalized spacial score (nSPS) is 24.9. The first-order valence-corrected chi connectivity index (χ1v) is 10.0. The van der Waals surface area contributed by atoms with Crippen LogP contribution >= 0.6 is 11.3 Å². The molecule has 6 heteroatoms. The van der Waals surface area contributed by atoms with Gasteiger partial charge in [-0.05, 0) is 37.7 Å². The molecule has 28 heavy (non-hydrogen) atoms. The van der Waals surface area contributed by atoms with Gasteiger partial charge in [-0.2, -0.15) is 5.26 Å². The number of nitriles is 1. The largest absolute Gasteiger partial charge is 0.481 e. The number of allylic oxidation sites excluding steroid dienone is 2. The Balaban J connectivity index is 1.66. The second-order valence-electron chi connectivity index (χ2n) is 7.54. The van der Waals surface area contributed by atoms with Gasteiger partial charge in [0.2, 0.25) is 5.91 Å². The molecule has 0 unspecified atom stereocenters. The summed E-state index contributed by atoms with van der Waals surface area (Å²) < 4.78 is 0. The number of carboxylic acids is 1. The van der Waals surface area contributed by atoms with Gasteiger partial charge in [0.1, 0.15) is 11.1 Å². The van der Waals surface area contributed by atoms with Gasteiger partial charge in [0.15, 0.2) is 0 Å². The Hall–Kier alpha value is -2.91. The first-order valence-electron chi connectivity index (χ1n) is 9.23. The number of benzene rings is 1. The summed E-state index contributed by atoms with van der Waals surface area (Å²) in [6.07, 6.45) is 4.58. The van der Waals surface area contributed by atoms with Crippen molar-refractivity contribution < 1.29 is 14.7 Å². The fourth-order valence-electron chi connectivity index (χ4n) is 4.52. The lowest BCUT2D eigenvalue weighted by Gasteiger charge is -2.23. The number of aryl methyl sites for hydroxylation is 2. The highest BCUT2D eigenvalue weighted by molar-refractivity contribution is 7.17. The van der Waals surface area contributed by atoms with Crippen molar-refractivity contribution in [2.75, 3.05) is 5.32 Å². The predicted molar refractivity (Wildman–Crippen MR) is 108 cm³/mol. The number of fused-ring (bicyclic) bond motifs is 2. The lowest BCUT2D eigenvalue weighted by Crippen LogP contribution is -2.36. The number of thiophene rings is 1. The first kappa shape index (κ1) is 18.5. The van der Waals surface area contributed by atoms with Crippen LogP contribution in [0.1, 0.15) is 22.4 Å². The van der Waals surface area contributed by atoms with Crippen LogP contribution in [0.4, 0.5) is 5.00 Å².